The maximum absolute atomic E-state index is 12.5. The summed E-state index contributed by atoms with van der Waals surface area (Å²) < 4.78 is 318. The van der Waals surface area contributed by atoms with Crippen LogP contribution in [0.25, 0.3) is 0 Å². The fraction of sp³-hybridized carbons (Fsp3) is 0.919. The highest BCUT2D eigenvalue weighted by atomic mass is 32.3. The van der Waals surface area contributed by atoms with E-state index in [2.05, 4.69) is 8.61 Å². The number of fused-ring (bicyclic) bond motifs is 4. The Kier molecular flexibility index (Phi) is 65.8. The molecular weight excluding hydrogens is 2180 g/mol. The van der Waals surface area contributed by atoms with Crippen LogP contribution in [0, 0.1) is 5.92 Å². The van der Waals surface area contributed by atoms with E-state index in [0.717, 1.165) is 6.29 Å². The van der Waals surface area contributed by atoms with Crippen molar-refractivity contribution < 1.29 is 250 Å². The van der Waals surface area contributed by atoms with Crippen molar-refractivity contribution in [1.82, 2.24) is 0 Å². The highest BCUT2D eigenvalue weighted by Gasteiger charge is 2.60. The van der Waals surface area contributed by atoms with Gasteiger partial charge in [-0.25, -0.2) is 0 Å². The zero-order chi connectivity index (χ0) is 114. The number of alkyl halides is 3. The molecule has 6 N–H and O–H groups in total. The molecule has 10 saturated heterocycles. The lowest BCUT2D eigenvalue weighted by molar-refractivity contribution is -0.230. The predicted octanol–water partition coefficient (Wildman–Crippen LogP) is 12.3. The van der Waals surface area contributed by atoms with Gasteiger partial charge in [-0.1, -0.05) is 21.8 Å². The van der Waals surface area contributed by atoms with Crippen molar-refractivity contribution >= 4 is 104 Å². The van der Waals surface area contributed by atoms with Crippen LogP contribution in [0.4, 0.5) is 13.2 Å². The predicted molar refractivity (Wildman–Crippen MR) is 533 cm³/mol. The SMILES string of the molecule is C.C.CC(=O)OC(C)=O.CCOP(=O)(/C=C/[C@H]1O[C@@H](OC)[C@@H]2OC(C)(C)O[C@@H]21)OCC.CCOP(=O)(CP(=O)(OCC)OCC)OCC.CCOP(C)(=O)CC[C@H]1OC(O)[C@H](O)[C@@H]1O.CCOP(C)(=O)CC[C@H]1OC(OC(C)=O)C(OC(C)=O)[C@@H]1C.CO[C@@H]1OC(C=O)[C@H]2OC(C)(C)O[C@@H]12.CO[C@@H]1O[C@H](CCP(C)(C)=O)[C@H]2OC(C)(C)O[C@@H]12.CO[C@@H]1O[C@H](CO)[C@H]2OC(C)(C)O[C@@H]12.C[Si](C)(C)OS(=O)(=O)C(F)(F)F.O=S(=O)(O)O. The molecule has 10 aliphatic heterocycles. The summed E-state index contributed by atoms with van der Waals surface area (Å²) in [5.41, 5.74) is -5.31. The molecule has 0 saturated carbocycles. The van der Waals surface area contributed by atoms with Gasteiger partial charge >= 0.3 is 72.7 Å². The normalized spacial score (nSPS) is 30.4. The molecule has 0 aromatic rings. The molecule has 0 bridgehead atoms. The average molecular weight is 2350 g/mol. The molecule has 0 aliphatic carbocycles. The Labute approximate surface area is 875 Å². The molecule has 10 aliphatic rings. The monoisotopic (exact) mass is 2350 g/mol. The van der Waals surface area contributed by atoms with Gasteiger partial charge in [0.15, 0.2) is 87.6 Å². The molecule has 6 unspecified atom stereocenters. The molecular formula is C86H169F3O51P6S2Si. The number of hydrogen-bond acceptors (Lipinski definition) is 49. The van der Waals surface area contributed by atoms with Gasteiger partial charge in [-0.2, -0.15) is 30.0 Å². The third kappa shape index (κ3) is 54.5. The minimum atomic E-state index is -5.39. The van der Waals surface area contributed by atoms with Crippen molar-refractivity contribution in [2.24, 2.45) is 5.92 Å². The van der Waals surface area contributed by atoms with E-state index >= 15 is 0 Å². The number of aldehydes is 1. The molecule has 886 valence electrons. The standard InChI is InChI=1S/2C14H25O7P.C12H23O5P.C9H22O6P2.C9H19O6P.C9H16O5.C9H14O5.C4H9F3O3SSi.C4H6O3.2CH4.H2O4S/c1-6-17-22(15,18-7-2)9-8-10-11-12(13(16-5)19-10)21-14(3,4)20-11;1-6-18-22(5,17)8-7-12-9(2)13(19-10(3)15)14(21-12)20-11(4)16;1-12(2)16-9-8(6-7-18(4,5)13)15-11(14-3)10(9)17-12;1-5-12-16(10,13-6-2)9-17(11,14-7-3)15-8-4;1-3-14-16(2,13)5-4-6-7(10)8(11)9(12)15-6;2*1-9(2)13-6-5(4-10)12-8(11-3)7(6)14-9;1-12(2,3)10-11(8,9)4(5,6)7;1-3(5)7-4(2)6;;;1-5(2,3)4/h8-13H,6-7H2,1-5H3;9,12-14H,6-8H2,1-5H3;8-11H,6-7H2,1-5H3;5-9H2,1-4H3;6-12H,3-5H2,1-2H3;5-8,10H,4H2,1-3H3;4-8H,1-3H3;1-3H3;1-2H3;2*1H4;(H2,1,2,3,4)/b9-8+;;;;;;;;;;;/t10-,11-,12-,13-;9-,12-,13?,14?,22?;8-,9-,10-,11-;;6-,7-,8-,9?,16?;5-,6-,7-,8-;5?,6-,7-,8-;;;;;/m111.111...../s1. The number of hydrogen-bond donors (Lipinski definition) is 6. The highest BCUT2D eigenvalue weighted by molar-refractivity contribution is 7.88. The quantitative estimate of drug-likeness (QED) is 0.00486. The fourth-order valence-electron chi connectivity index (χ4n) is 14.9. The number of rotatable bonds is 39. The summed E-state index contributed by atoms with van der Waals surface area (Å²) in [6, 6.07) is 0. The molecule has 10 heterocycles. The number of halogens is 3. The molecule has 0 aromatic carbocycles. The first-order chi connectivity index (χ1) is 67.3. The highest BCUT2D eigenvalue weighted by Crippen LogP contribution is 2.64. The zero-order valence-corrected chi connectivity index (χ0v) is 97.6. The van der Waals surface area contributed by atoms with Gasteiger partial charge in [0.05, 0.1) is 84.9 Å². The van der Waals surface area contributed by atoms with Crippen molar-refractivity contribution in [3.05, 3.63) is 11.9 Å². The summed E-state index contributed by atoms with van der Waals surface area (Å²) in [5.74, 6) is -3.78. The van der Waals surface area contributed by atoms with E-state index in [0.29, 0.717) is 51.6 Å². The second kappa shape index (κ2) is 66.0. The topological polar surface area (TPSA) is 654 Å². The molecule has 10 fully saturated rings. The van der Waals surface area contributed by atoms with Crippen LogP contribution in [-0.2, 0) is 211 Å². The molecule has 51 nitrogen and oxygen atoms in total. The van der Waals surface area contributed by atoms with Crippen LogP contribution in [0.3, 0.4) is 0 Å². The van der Waals surface area contributed by atoms with Crippen molar-refractivity contribution in [3.8, 4) is 0 Å². The number of carbonyl (C=O) groups excluding carboxylic acids is 5. The summed E-state index contributed by atoms with van der Waals surface area (Å²) in [7, 11) is -24.0. The van der Waals surface area contributed by atoms with Crippen LogP contribution in [0.15, 0.2) is 11.9 Å². The number of esters is 4. The smallest absolute Gasteiger partial charge is 0.455 e. The van der Waals surface area contributed by atoms with Crippen LogP contribution in [0.1, 0.15) is 180 Å². The van der Waals surface area contributed by atoms with E-state index in [9.17, 15) is 83.2 Å². The average Bonchev–Trinajstić information content (AvgIpc) is 1.66. The lowest BCUT2D eigenvalue weighted by Crippen LogP contribution is -2.36. The van der Waals surface area contributed by atoms with Crippen molar-refractivity contribution in [1.29, 1.82) is 0 Å². The van der Waals surface area contributed by atoms with Crippen LogP contribution in [0.5, 0.6) is 0 Å². The van der Waals surface area contributed by atoms with Crippen LogP contribution < -0.4 is 0 Å². The summed E-state index contributed by atoms with van der Waals surface area (Å²) in [4.78, 5) is 52.7. The fourth-order valence-corrected chi connectivity index (χ4v) is 27.7. The van der Waals surface area contributed by atoms with Gasteiger partial charge in [0.1, 0.15) is 79.4 Å². The molecule has 149 heavy (non-hydrogen) atoms. The Hall–Kier alpha value is -2.54. The number of aliphatic hydroxyl groups is 4. The third-order valence-corrected chi connectivity index (χ3v) is 35.9. The maximum atomic E-state index is 12.5. The van der Waals surface area contributed by atoms with Gasteiger partial charge in [-0.05, 0) is 169 Å². The Morgan fingerprint density at radius 1 is 0.430 bits per heavy atom. The minimum absolute atomic E-state index is 0. The van der Waals surface area contributed by atoms with Gasteiger partial charge < -0.3 is 169 Å². The Morgan fingerprint density at radius 2 is 0.745 bits per heavy atom. The number of methoxy groups -OCH3 is 4. The van der Waals surface area contributed by atoms with Crippen molar-refractivity contribution in [2.75, 3.05) is 139 Å². The Bertz CT molecular complexity index is 4440. The summed E-state index contributed by atoms with van der Waals surface area (Å²) in [6.45, 7) is 48.3. The number of carbonyl (C=O) groups is 5. The second-order valence-electron chi connectivity index (χ2n) is 36.5. The zero-order valence-electron chi connectivity index (χ0n) is 89.6. The molecule has 10 rings (SSSR count). The van der Waals surface area contributed by atoms with Crippen molar-refractivity contribution in [3.63, 3.8) is 0 Å². The first-order valence-electron chi connectivity index (χ1n) is 46.9. The molecule has 0 aromatic heterocycles. The number of aliphatic hydroxyl groups excluding tert-OH is 4. The maximum Gasteiger partial charge on any atom is 0.522 e. The summed E-state index contributed by atoms with van der Waals surface area (Å²) in [5, 5.41) is 37.0. The third-order valence-electron chi connectivity index (χ3n) is 20.2. The lowest BCUT2D eigenvalue weighted by Gasteiger charge is -2.23. The van der Waals surface area contributed by atoms with E-state index in [-0.39, 0.29) is 139 Å². The number of ether oxygens (including phenoxy) is 21. The molecule has 26 atom stereocenters. The first kappa shape index (κ1) is 148. The van der Waals surface area contributed by atoms with Crippen molar-refractivity contribution in [2.45, 2.75) is 369 Å². The largest absolute Gasteiger partial charge is 0.522 e. The second-order valence-corrected chi connectivity index (χ2v) is 59.3. The minimum Gasteiger partial charge on any atom is -0.455 e. The summed E-state index contributed by atoms with van der Waals surface area (Å²) in [6.07, 6.45) is -6.80. The van der Waals surface area contributed by atoms with E-state index < -0.39 is 200 Å². The van der Waals surface area contributed by atoms with E-state index in [1.807, 2.05) is 48.5 Å². The Morgan fingerprint density at radius 3 is 1.05 bits per heavy atom. The van der Waals surface area contributed by atoms with E-state index in [4.69, 9.17) is 159 Å². The van der Waals surface area contributed by atoms with Gasteiger partial charge in [-0.15, -0.1) is 0 Å². The molecule has 0 radical (unpaired) electrons. The van der Waals surface area contributed by atoms with Gasteiger partial charge in [0.2, 0.25) is 14.6 Å². The summed E-state index contributed by atoms with van der Waals surface area (Å²) >= 11 is 0. The van der Waals surface area contributed by atoms with E-state index in [1.165, 1.54) is 66.9 Å². The van der Waals surface area contributed by atoms with Crippen LogP contribution in [0.2, 0.25) is 19.6 Å². The van der Waals surface area contributed by atoms with Gasteiger partial charge in [-0.3, -0.25) is 51.1 Å². The lowest BCUT2D eigenvalue weighted by atomic mass is 9.99. The van der Waals surface area contributed by atoms with Crippen LogP contribution >= 0.6 is 44.7 Å². The molecule has 0 amide bonds. The molecule has 0 spiro atoms. The Balaban J connectivity index is 0. The van der Waals surface area contributed by atoms with Crippen LogP contribution in [-0.4, -0.2) is 394 Å². The van der Waals surface area contributed by atoms with Gasteiger partial charge in [0.25, 0.3) is 0 Å². The van der Waals surface area contributed by atoms with E-state index in [1.54, 1.807) is 117 Å². The first-order valence-corrected chi connectivity index (χ1v) is 65.5. The van der Waals surface area contributed by atoms with Gasteiger partial charge in [0, 0.05) is 99.7 Å². The molecule has 63 heteroatoms.